The summed E-state index contributed by atoms with van der Waals surface area (Å²) < 4.78 is 5.28. The van der Waals surface area contributed by atoms with Crippen LogP contribution in [0.2, 0.25) is 10.0 Å². The van der Waals surface area contributed by atoms with Crippen molar-refractivity contribution in [2.75, 3.05) is 11.8 Å². The van der Waals surface area contributed by atoms with Crippen molar-refractivity contribution in [2.45, 2.75) is 77.0 Å². The maximum absolute atomic E-state index is 12.0. The van der Waals surface area contributed by atoms with Crippen LogP contribution in [0, 0.1) is 0 Å². The van der Waals surface area contributed by atoms with Crippen LogP contribution in [0.3, 0.4) is 0 Å². The molecule has 0 bridgehead atoms. The Bertz CT molecular complexity index is 1030. The number of hydrogen-bond acceptors (Lipinski definition) is 5. The average molecular weight is 693 g/mol. The second-order valence-corrected chi connectivity index (χ2v) is 11.6. The van der Waals surface area contributed by atoms with Crippen molar-refractivity contribution in [3.05, 3.63) is 69.7 Å². The minimum absolute atomic E-state index is 0. The monoisotopic (exact) mass is 690 g/mol. The second kappa shape index (κ2) is 22.3. The lowest BCUT2D eigenvalue weighted by Crippen LogP contribution is -2.40. The number of alkyl carbamates (subject to hydrolysis) is 1. The molecule has 41 heavy (non-hydrogen) atoms. The van der Waals surface area contributed by atoms with E-state index in [-0.39, 0.29) is 60.2 Å². The lowest BCUT2D eigenvalue weighted by atomic mass is 10.0. The van der Waals surface area contributed by atoms with Crippen LogP contribution in [0.15, 0.2) is 48.5 Å². The number of halogens is 6. The normalized spacial score (nSPS) is 11.9. The molecule has 2 rings (SSSR count). The summed E-state index contributed by atoms with van der Waals surface area (Å²) in [5, 5.41) is 4.20. The van der Waals surface area contributed by atoms with Gasteiger partial charge in [-0.3, -0.25) is 9.59 Å². The van der Waals surface area contributed by atoms with Gasteiger partial charge in [0, 0.05) is 35.0 Å². The van der Waals surface area contributed by atoms with Crippen LogP contribution in [-0.2, 0) is 27.2 Å². The first-order chi connectivity index (χ1) is 18.3. The van der Waals surface area contributed by atoms with E-state index < -0.39 is 11.7 Å². The van der Waals surface area contributed by atoms with Gasteiger partial charge in [-0.2, -0.15) is 0 Å². The molecule has 6 nitrogen and oxygen atoms in total. The van der Waals surface area contributed by atoms with Gasteiger partial charge in [0.25, 0.3) is 0 Å². The molecule has 0 fully saturated rings. The van der Waals surface area contributed by atoms with Crippen molar-refractivity contribution in [3.8, 4) is 0 Å². The van der Waals surface area contributed by atoms with Crippen LogP contribution < -0.4 is 11.1 Å². The third-order valence-electron chi connectivity index (χ3n) is 5.39. The average Bonchev–Trinajstić information content (AvgIpc) is 2.87. The number of amides is 1. The van der Waals surface area contributed by atoms with Crippen molar-refractivity contribution < 1.29 is 19.1 Å². The van der Waals surface area contributed by atoms with E-state index in [0.717, 1.165) is 22.6 Å². The topological polar surface area (TPSA) is 98.5 Å². The first-order valence-corrected chi connectivity index (χ1v) is 14.5. The first kappa shape index (κ1) is 41.9. The molecule has 0 radical (unpaired) electrons. The Morgan fingerprint density at radius 3 is 1.61 bits per heavy atom. The fourth-order valence-electron chi connectivity index (χ4n) is 3.45. The van der Waals surface area contributed by atoms with Gasteiger partial charge in [0.15, 0.2) is 0 Å². The van der Waals surface area contributed by atoms with Crippen molar-refractivity contribution in [1.82, 2.24) is 5.32 Å². The van der Waals surface area contributed by atoms with E-state index in [9.17, 15) is 14.4 Å². The van der Waals surface area contributed by atoms with Crippen LogP contribution in [0.5, 0.6) is 0 Å². The molecule has 0 saturated heterocycles. The highest BCUT2D eigenvalue weighted by Gasteiger charge is 2.20. The molecule has 0 aliphatic rings. The molecule has 0 aliphatic carbocycles. The largest absolute Gasteiger partial charge is 0.444 e. The van der Waals surface area contributed by atoms with E-state index in [2.05, 4.69) is 5.32 Å². The predicted octanol–water partition coefficient (Wildman–Crippen LogP) is 8.01. The molecule has 2 aromatic rings. The third-order valence-corrected chi connectivity index (χ3v) is 6.49. The van der Waals surface area contributed by atoms with Gasteiger partial charge in [-0.25, -0.2) is 4.79 Å². The molecule has 0 unspecified atom stereocenters. The third kappa shape index (κ3) is 21.1. The maximum Gasteiger partial charge on any atom is 0.407 e. The van der Waals surface area contributed by atoms with Crippen LogP contribution in [-0.4, -0.2) is 47.1 Å². The Kier molecular flexibility index (Phi) is 22.8. The predicted molar refractivity (Wildman–Crippen MR) is 176 cm³/mol. The maximum atomic E-state index is 12.0. The number of nitrogens with one attached hydrogen (secondary N) is 1. The lowest BCUT2D eigenvalue weighted by molar-refractivity contribution is -0.117. The lowest BCUT2D eigenvalue weighted by Gasteiger charge is -2.23. The standard InChI is InChI=1S/C17H23Cl2NO3.C12H15Cl2NO.2ClH/c1-17(2,3)23-16(22)20-14(8-9-15(21)11-18)10-12-4-6-13(19)7-5-12;13-8-12(16)6-5-11(15)7-9-1-3-10(14)4-2-9;;/h4-7,14H,8-11H2,1-3H3,(H,20,22);1-4,11H,5-8,15H2;2*1H/t14-;11-;;/m11../s1. The van der Waals surface area contributed by atoms with Gasteiger partial charge in [0.05, 0.1) is 11.8 Å². The molecule has 2 aromatic carbocycles. The Morgan fingerprint density at radius 2 is 1.20 bits per heavy atom. The SMILES string of the molecule is CC(C)(C)OC(=O)N[C@H](CCC(=O)CCl)Cc1ccc(Cl)cc1.Cl.Cl.N[C@H](CCC(=O)CCl)Cc1ccc(Cl)cc1. The Balaban J connectivity index is 0. The minimum atomic E-state index is -0.569. The van der Waals surface area contributed by atoms with Crippen molar-refractivity contribution >= 4 is 88.9 Å². The van der Waals surface area contributed by atoms with Gasteiger partial charge >= 0.3 is 6.09 Å². The van der Waals surface area contributed by atoms with E-state index in [1.807, 2.05) is 36.4 Å². The summed E-state index contributed by atoms with van der Waals surface area (Å²) in [6.45, 7) is 5.41. The van der Waals surface area contributed by atoms with E-state index in [0.29, 0.717) is 37.1 Å². The Labute approximate surface area is 276 Å². The van der Waals surface area contributed by atoms with Crippen LogP contribution in [0.25, 0.3) is 0 Å². The number of nitrogens with two attached hydrogens (primary N) is 1. The number of benzene rings is 2. The number of alkyl halides is 2. The Hall–Kier alpha value is -1.25. The quantitative estimate of drug-likeness (QED) is 0.207. The molecule has 0 aromatic heterocycles. The molecular formula is C29H40Cl6N2O4. The van der Waals surface area contributed by atoms with Crippen molar-refractivity contribution in [3.63, 3.8) is 0 Å². The highest BCUT2D eigenvalue weighted by Crippen LogP contribution is 2.15. The number of rotatable bonds is 13. The van der Waals surface area contributed by atoms with Gasteiger partial charge in [0.2, 0.25) is 0 Å². The zero-order valence-electron chi connectivity index (χ0n) is 23.5. The molecule has 0 saturated carbocycles. The van der Waals surface area contributed by atoms with Crippen LogP contribution in [0.4, 0.5) is 4.79 Å². The van der Waals surface area contributed by atoms with Crippen LogP contribution in [0.1, 0.15) is 57.6 Å². The fraction of sp³-hybridized carbons (Fsp3) is 0.483. The number of hydrogen-bond donors (Lipinski definition) is 2. The summed E-state index contributed by atoms with van der Waals surface area (Å²) in [6, 6.07) is 14.8. The molecule has 0 heterocycles. The zero-order valence-corrected chi connectivity index (χ0v) is 28.1. The van der Waals surface area contributed by atoms with Gasteiger partial charge in [-0.15, -0.1) is 48.0 Å². The minimum Gasteiger partial charge on any atom is -0.444 e. The van der Waals surface area contributed by atoms with E-state index in [4.69, 9.17) is 56.9 Å². The molecule has 232 valence electrons. The number of carbonyl (C=O) groups excluding carboxylic acids is 3. The summed E-state index contributed by atoms with van der Waals surface area (Å²) in [4.78, 5) is 34.4. The first-order valence-electron chi connectivity index (χ1n) is 12.7. The second-order valence-electron chi connectivity index (χ2n) is 10.2. The van der Waals surface area contributed by atoms with E-state index in [1.165, 1.54) is 0 Å². The number of ether oxygens (including phenoxy) is 1. The highest BCUT2D eigenvalue weighted by atomic mass is 35.5. The molecule has 1 amide bonds. The number of ketones is 2. The van der Waals surface area contributed by atoms with E-state index >= 15 is 0 Å². The fourth-order valence-corrected chi connectivity index (χ4v) is 3.96. The number of Topliss-reactive ketones (excluding diaryl/α,β-unsaturated/α-hetero) is 2. The summed E-state index contributed by atoms with van der Waals surface area (Å²) >= 11 is 22.6. The molecular weight excluding hydrogens is 653 g/mol. The summed E-state index contributed by atoms with van der Waals surface area (Å²) in [5.74, 6) is 0.0697. The van der Waals surface area contributed by atoms with Gasteiger partial charge in [-0.05, 0) is 81.8 Å². The molecule has 0 aliphatic heterocycles. The molecule has 12 heteroatoms. The molecule has 2 atom stereocenters. The smallest absolute Gasteiger partial charge is 0.407 e. The number of carbonyl (C=O) groups is 3. The van der Waals surface area contributed by atoms with Crippen molar-refractivity contribution in [2.24, 2.45) is 5.73 Å². The Morgan fingerprint density at radius 1 is 0.780 bits per heavy atom. The van der Waals surface area contributed by atoms with Gasteiger partial charge in [-0.1, -0.05) is 47.5 Å². The zero-order chi connectivity index (χ0) is 29.4. The molecule has 0 spiro atoms. The summed E-state index contributed by atoms with van der Waals surface area (Å²) in [7, 11) is 0. The van der Waals surface area contributed by atoms with Crippen LogP contribution >= 0.6 is 71.2 Å². The van der Waals surface area contributed by atoms with Crippen molar-refractivity contribution in [1.29, 1.82) is 0 Å². The highest BCUT2D eigenvalue weighted by molar-refractivity contribution is 6.30. The van der Waals surface area contributed by atoms with Gasteiger partial charge < -0.3 is 15.8 Å². The summed E-state index contributed by atoms with van der Waals surface area (Å²) in [6.07, 6.45) is 2.81. The summed E-state index contributed by atoms with van der Waals surface area (Å²) in [5.41, 5.74) is 7.51. The molecule has 3 N–H and O–H groups in total. The van der Waals surface area contributed by atoms with E-state index in [1.54, 1.807) is 32.9 Å². The van der Waals surface area contributed by atoms with Gasteiger partial charge in [0.1, 0.15) is 17.2 Å².